The van der Waals surface area contributed by atoms with Crippen LogP contribution in [-0.2, 0) is 20.7 Å². The van der Waals surface area contributed by atoms with E-state index in [9.17, 15) is 9.59 Å². The number of fused-ring (bicyclic) bond motifs is 3. The van der Waals surface area contributed by atoms with Gasteiger partial charge in [0.25, 0.3) is 0 Å². The van der Waals surface area contributed by atoms with Crippen molar-refractivity contribution >= 4 is 22.7 Å². The predicted octanol–water partition coefficient (Wildman–Crippen LogP) is 3.35. The second-order valence-corrected chi connectivity index (χ2v) is 6.97. The Morgan fingerprint density at radius 3 is 2.64 bits per heavy atom. The first-order valence-corrected chi connectivity index (χ1v) is 7.62. The number of hydrogen-bond donors (Lipinski definition) is 0. The topological polar surface area (TPSA) is 48.3 Å². The van der Waals surface area contributed by atoms with Crippen LogP contribution in [0.4, 0.5) is 0 Å². The van der Waals surface area contributed by atoms with Crippen LogP contribution in [0.15, 0.2) is 24.3 Å². The van der Waals surface area contributed by atoms with E-state index in [0.29, 0.717) is 12.8 Å². The number of carbonyl (C=O) groups excluding carboxylic acids is 2. The third-order valence-electron chi connectivity index (χ3n) is 3.89. The Hall–Kier alpha value is -2.10. The van der Waals surface area contributed by atoms with Gasteiger partial charge in [-0.1, -0.05) is 11.6 Å². The average molecular weight is 299 g/mol. The molecule has 1 atom stereocenters. The van der Waals surface area contributed by atoms with E-state index < -0.39 is 17.6 Å². The van der Waals surface area contributed by atoms with Gasteiger partial charge in [0, 0.05) is 23.0 Å². The molecule has 2 heterocycles. The van der Waals surface area contributed by atoms with Gasteiger partial charge in [-0.15, -0.1) is 0 Å². The van der Waals surface area contributed by atoms with Crippen LogP contribution < -0.4 is 0 Å². The first kappa shape index (κ1) is 14.8. The summed E-state index contributed by atoms with van der Waals surface area (Å²) in [6.07, 6.45) is 1.06. The van der Waals surface area contributed by atoms with Crippen LogP contribution in [0.5, 0.6) is 0 Å². The quantitative estimate of drug-likeness (QED) is 0.599. The van der Waals surface area contributed by atoms with E-state index in [1.807, 2.05) is 44.4 Å². The first-order valence-electron chi connectivity index (χ1n) is 7.62. The Morgan fingerprint density at radius 1 is 1.23 bits per heavy atom. The molecule has 1 aliphatic rings. The van der Waals surface area contributed by atoms with Crippen LogP contribution in [0, 0.1) is 6.92 Å². The van der Waals surface area contributed by atoms with Gasteiger partial charge >= 0.3 is 5.97 Å². The van der Waals surface area contributed by atoms with Gasteiger partial charge in [0.1, 0.15) is 5.60 Å². The summed E-state index contributed by atoms with van der Waals surface area (Å²) in [4.78, 5) is 24.9. The lowest BCUT2D eigenvalue weighted by molar-refractivity contribution is -0.161. The minimum atomic E-state index is -0.858. The molecule has 1 aliphatic heterocycles. The summed E-state index contributed by atoms with van der Waals surface area (Å²) in [7, 11) is 0. The fourth-order valence-corrected chi connectivity index (χ4v) is 3.04. The molecule has 2 aromatic rings. The van der Waals surface area contributed by atoms with Gasteiger partial charge in [0.05, 0.1) is 0 Å². The second-order valence-electron chi connectivity index (χ2n) is 6.97. The molecule has 116 valence electrons. The normalized spacial score (nSPS) is 18.4. The highest BCUT2D eigenvalue weighted by atomic mass is 16.6. The molecular weight excluding hydrogens is 278 g/mol. The van der Waals surface area contributed by atoms with E-state index in [4.69, 9.17) is 4.74 Å². The molecule has 3 rings (SSSR count). The van der Waals surface area contributed by atoms with Gasteiger partial charge in [0.15, 0.2) is 11.8 Å². The lowest BCUT2D eigenvalue weighted by Crippen LogP contribution is -2.37. The maximum atomic E-state index is 12.5. The number of Topliss-reactive ketones (excluding diaryl/α,β-unsaturated/α-hetero) is 1. The first-order chi connectivity index (χ1) is 10.3. The lowest BCUT2D eigenvalue weighted by Gasteiger charge is -2.28. The molecule has 0 fully saturated rings. The SMILES string of the molecule is Cc1ccc2c(c1)cc1n2[C@H](C(=O)OC(C)(C)C)C(=O)CC1. The number of ether oxygens (including phenoxy) is 1. The highest BCUT2D eigenvalue weighted by Gasteiger charge is 2.37. The number of benzene rings is 1. The molecule has 0 radical (unpaired) electrons. The van der Waals surface area contributed by atoms with Crippen LogP contribution in [0.25, 0.3) is 10.9 Å². The van der Waals surface area contributed by atoms with Crippen molar-refractivity contribution in [2.45, 2.75) is 52.2 Å². The molecule has 4 nitrogen and oxygen atoms in total. The summed E-state index contributed by atoms with van der Waals surface area (Å²) in [5.41, 5.74) is 2.50. The fraction of sp³-hybridized carbons (Fsp3) is 0.444. The Kier molecular flexibility index (Phi) is 3.35. The smallest absolute Gasteiger partial charge is 0.337 e. The number of hydrogen-bond acceptors (Lipinski definition) is 3. The van der Waals surface area contributed by atoms with Crippen molar-refractivity contribution in [2.24, 2.45) is 0 Å². The molecular formula is C18H21NO3. The Morgan fingerprint density at radius 2 is 1.95 bits per heavy atom. The molecule has 0 amide bonds. The summed E-state index contributed by atoms with van der Waals surface area (Å²) >= 11 is 0. The van der Waals surface area contributed by atoms with Crippen molar-refractivity contribution in [3.63, 3.8) is 0 Å². The molecule has 0 bridgehead atoms. The summed E-state index contributed by atoms with van der Waals surface area (Å²) in [5.74, 6) is -0.531. The summed E-state index contributed by atoms with van der Waals surface area (Å²) in [6, 6.07) is 7.28. The van der Waals surface area contributed by atoms with E-state index in [0.717, 1.165) is 22.2 Å². The molecule has 0 N–H and O–H groups in total. The fourth-order valence-electron chi connectivity index (χ4n) is 3.04. The zero-order valence-corrected chi connectivity index (χ0v) is 13.5. The van der Waals surface area contributed by atoms with Gasteiger partial charge in [-0.3, -0.25) is 4.79 Å². The largest absolute Gasteiger partial charge is 0.458 e. The zero-order valence-electron chi connectivity index (χ0n) is 13.5. The van der Waals surface area contributed by atoms with Crippen molar-refractivity contribution in [1.29, 1.82) is 0 Å². The number of ketones is 1. The monoisotopic (exact) mass is 299 g/mol. The van der Waals surface area contributed by atoms with Crippen molar-refractivity contribution in [3.8, 4) is 0 Å². The molecule has 0 aliphatic carbocycles. The maximum Gasteiger partial charge on any atom is 0.337 e. The molecule has 1 aromatic heterocycles. The number of esters is 1. The molecule has 1 aromatic carbocycles. The van der Waals surface area contributed by atoms with E-state index >= 15 is 0 Å². The van der Waals surface area contributed by atoms with Crippen molar-refractivity contribution < 1.29 is 14.3 Å². The highest BCUT2D eigenvalue weighted by molar-refractivity contribution is 6.04. The summed E-state index contributed by atoms with van der Waals surface area (Å²) in [5, 5.41) is 1.07. The second kappa shape index (κ2) is 4.97. The molecule has 4 heteroatoms. The number of aryl methyl sites for hydroxylation is 2. The van der Waals surface area contributed by atoms with Crippen LogP contribution in [0.1, 0.15) is 44.5 Å². The van der Waals surface area contributed by atoms with Crippen molar-refractivity contribution in [1.82, 2.24) is 4.57 Å². The van der Waals surface area contributed by atoms with E-state index in [1.165, 1.54) is 0 Å². The third-order valence-corrected chi connectivity index (χ3v) is 3.89. The number of aromatic nitrogens is 1. The van der Waals surface area contributed by atoms with Crippen molar-refractivity contribution in [3.05, 3.63) is 35.5 Å². The third kappa shape index (κ3) is 2.54. The molecule has 0 spiro atoms. The zero-order chi connectivity index (χ0) is 16.1. The van der Waals surface area contributed by atoms with Gasteiger partial charge < -0.3 is 9.30 Å². The molecule has 0 saturated heterocycles. The highest BCUT2D eigenvalue weighted by Crippen LogP contribution is 2.32. The summed E-state index contributed by atoms with van der Waals surface area (Å²) < 4.78 is 7.32. The number of carbonyl (C=O) groups is 2. The Labute approximate surface area is 130 Å². The Balaban J connectivity index is 2.12. The summed E-state index contributed by atoms with van der Waals surface area (Å²) in [6.45, 7) is 7.48. The molecule has 0 saturated carbocycles. The number of rotatable bonds is 1. The van der Waals surface area contributed by atoms with Crippen LogP contribution >= 0.6 is 0 Å². The van der Waals surface area contributed by atoms with Crippen molar-refractivity contribution in [2.75, 3.05) is 0 Å². The van der Waals surface area contributed by atoms with Crippen LogP contribution in [-0.4, -0.2) is 21.9 Å². The minimum Gasteiger partial charge on any atom is -0.458 e. The average Bonchev–Trinajstić information content (AvgIpc) is 2.73. The number of nitrogens with zero attached hydrogens (tertiary/aromatic N) is 1. The van der Waals surface area contributed by atoms with Gasteiger partial charge in [-0.05, 0) is 52.3 Å². The van der Waals surface area contributed by atoms with Gasteiger partial charge in [0.2, 0.25) is 0 Å². The molecule has 0 unspecified atom stereocenters. The van der Waals surface area contributed by atoms with Crippen LogP contribution in [0.3, 0.4) is 0 Å². The lowest BCUT2D eigenvalue weighted by atomic mass is 10.0. The minimum absolute atomic E-state index is 0.0696. The van der Waals surface area contributed by atoms with Gasteiger partial charge in [-0.2, -0.15) is 0 Å². The van der Waals surface area contributed by atoms with Gasteiger partial charge in [-0.25, -0.2) is 4.79 Å². The van der Waals surface area contributed by atoms with E-state index in [2.05, 4.69) is 12.1 Å². The molecule has 22 heavy (non-hydrogen) atoms. The Bertz CT molecular complexity index is 764. The van der Waals surface area contributed by atoms with Crippen LogP contribution in [0.2, 0.25) is 0 Å². The standard InChI is InChI=1S/C18H21NO3/c1-11-5-7-14-12(9-11)10-13-6-8-15(20)16(19(13)14)17(21)22-18(2,3)4/h5,7,9-10,16H,6,8H2,1-4H3/t16-/m0/s1. The maximum absolute atomic E-state index is 12.5. The van der Waals surface area contributed by atoms with E-state index in [1.54, 1.807) is 0 Å². The predicted molar refractivity (Wildman–Crippen MR) is 84.9 cm³/mol. The van der Waals surface area contributed by atoms with E-state index in [-0.39, 0.29) is 5.78 Å².